The molecule has 2 aromatic heterocycles. The number of aromatic nitrogens is 4. The molecule has 58 heavy (non-hydrogen) atoms. The molecular weight excluding hydrogens is 850 g/mol. The van der Waals surface area contributed by atoms with Crippen LogP contribution >= 0.6 is 35.2 Å². The van der Waals surface area contributed by atoms with Crippen LogP contribution in [0.4, 0.5) is 5.82 Å². The molecule has 0 bridgehead atoms. The summed E-state index contributed by atoms with van der Waals surface area (Å²) in [5.74, 6) is -1.12. The molecule has 8 atom stereocenters. The Hall–Kier alpha value is -1.84. The fourth-order valence-electron chi connectivity index (χ4n) is 5.22. The molecule has 3 rings (SSSR count). The summed E-state index contributed by atoms with van der Waals surface area (Å²) >= 11 is 1.12. The van der Waals surface area contributed by atoms with Gasteiger partial charge in [-0.15, -0.1) is 0 Å². The molecule has 0 aromatic carbocycles. The quantitative estimate of drug-likeness (QED) is 0.0315. The van der Waals surface area contributed by atoms with Gasteiger partial charge in [-0.3, -0.25) is 32.6 Å². The minimum atomic E-state index is -5.89. The van der Waals surface area contributed by atoms with Crippen LogP contribution in [0.15, 0.2) is 12.7 Å². The van der Waals surface area contributed by atoms with Gasteiger partial charge < -0.3 is 64.5 Å². The van der Waals surface area contributed by atoms with E-state index in [9.17, 15) is 57.9 Å². The summed E-state index contributed by atoms with van der Waals surface area (Å²) in [5.41, 5.74) is 4.12. The van der Waals surface area contributed by atoms with Crippen molar-refractivity contribution in [1.82, 2.24) is 30.2 Å². The Balaban J connectivity index is 0.0000116. The minimum absolute atomic E-state index is 0. The number of fused-ring (bicyclic) bond motifs is 1. The largest absolute Gasteiger partial charge is 1.00 e. The Morgan fingerprint density at radius 1 is 1.03 bits per heavy atom. The number of anilines is 1. The molecule has 0 radical (unpaired) electrons. The molecule has 0 aliphatic carbocycles. The minimum Gasteiger partial charge on any atom is -0.756 e. The monoisotopic (exact) mass is 897 g/mol. The van der Waals surface area contributed by atoms with Crippen molar-refractivity contribution < 1.29 is 99.3 Å². The van der Waals surface area contributed by atoms with Crippen LogP contribution in [0.1, 0.15) is 71.9 Å². The van der Waals surface area contributed by atoms with Gasteiger partial charge in [0.1, 0.15) is 36.3 Å². The van der Waals surface area contributed by atoms with Gasteiger partial charge in [-0.2, -0.15) is 0 Å². The molecular formula is C29H47LiN7O17P3S-2. The van der Waals surface area contributed by atoms with Crippen molar-refractivity contribution >= 4 is 69.1 Å². The predicted molar refractivity (Wildman–Crippen MR) is 194 cm³/mol. The first kappa shape index (κ1) is 52.3. The molecule has 29 heteroatoms. The maximum absolute atomic E-state index is 12.5. The standard InChI is InChI=1S/C29H50N7O17P3S.Li/c1-4-5-6-7-8-9-20(38)57-13-12-31-19(37)10-11-32-27(41)24(40)29(2,3)15-50-56(47,48)53-55(45,46)49-14-18-23(52-54(42,43)44)22(39)28(51-18)36-17-35-21-25(30)33-16-34-26(21)36;/h16-18,22-24,28,39-40H,4-15H2,1-3H3,(H,31,37)(H,32,41)(H,45,46)(H,47,48)(H2,30,33,34)(H2,42,43,44);/q;+1/p-3. The number of nitrogen functional groups attached to an aromatic ring is 1. The number of nitrogens with zero attached hydrogens (tertiary/aromatic N) is 4. The SMILES string of the molecule is CCCCCCCC(=O)SCCNC(=O)CCNC(=O)C(O)C(C)(C)COP(=O)([O-])OP(=O)([O-])OCC1OC(n2cnc3c(N)ncnc32)C(O)C1OP(=O)([O-])O.[Li+]. The Kier molecular flexibility index (Phi) is 21.1. The molecule has 1 aliphatic heterocycles. The van der Waals surface area contributed by atoms with Crippen LogP contribution in [0.3, 0.4) is 0 Å². The number of imidazole rings is 1. The molecule has 2 amide bonds. The molecule has 7 N–H and O–H groups in total. The van der Waals surface area contributed by atoms with Crippen molar-refractivity contribution in [1.29, 1.82) is 0 Å². The number of aliphatic hydroxyl groups is 2. The summed E-state index contributed by atoms with van der Waals surface area (Å²) in [4.78, 5) is 94.1. The summed E-state index contributed by atoms with van der Waals surface area (Å²) in [6.45, 7) is 2.32. The Morgan fingerprint density at radius 3 is 2.38 bits per heavy atom. The summed E-state index contributed by atoms with van der Waals surface area (Å²) in [7, 11) is -17.3. The molecule has 3 heterocycles. The zero-order valence-electron chi connectivity index (χ0n) is 32.2. The van der Waals surface area contributed by atoms with E-state index in [-0.39, 0.29) is 60.5 Å². The van der Waals surface area contributed by atoms with E-state index in [1.807, 2.05) is 0 Å². The number of nitrogens with one attached hydrogen (secondary N) is 2. The first-order valence-electron chi connectivity index (χ1n) is 17.5. The van der Waals surface area contributed by atoms with Gasteiger partial charge in [-0.1, -0.05) is 58.2 Å². The zero-order valence-corrected chi connectivity index (χ0v) is 35.7. The number of amides is 2. The van der Waals surface area contributed by atoms with Crippen LogP contribution in [-0.4, -0.2) is 108 Å². The van der Waals surface area contributed by atoms with Gasteiger partial charge >= 0.3 is 18.9 Å². The third-order valence-corrected chi connectivity index (χ3v) is 12.2. The van der Waals surface area contributed by atoms with Crippen LogP contribution in [0.2, 0.25) is 0 Å². The summed E-state index contributed by atoms with van der Waals surface area (Å²) in [6.07, 6.45) is -1.73. The molecule has 8 unspecified atom stereocenters. The van der Waals surface area contributed by atoms with Crippen LogP contribution in [0.25, 0.3) is 11.2 Å². The van der Waals surface area contributed by atoms with Gasteiger partial charge in [0.2, 0.25) is 11.8 Å². The number of phosphoric ester groups is 3. The van der Waals surface area contributed by atoms with Crippen LogP contribution in [0, 0.1) is 5.41 Å². The Morgan fingerprint density at radius 2 is 1.71 bits per heavy atom. The molecule has 1 saturated heterocycles. The van der Waals surface area contributed by atoms with Crippen molar-refractivity contribution in [3.63, 3.8) is 0 Å². The van der Waals surface area contributed by atoms with Gasteiger partial charge in [0, 0.05) is 37.1 Å². The van der Waals surface area contributed by atoms with E-state index in [0.29, 0.717) is 12.2 Å². The number of unbranched alkanes of at least 4 members (excludes halogenated alkanes) is 4. The number of rotatable bonds is 25. The Labute approximate surface area is 349 Å². The van der Waals surface area contributed by atoms with E-state index < -0.39 is 84.6 Å². The number of hydrogen-bond donors (Lipinski definition) is 6. The molecule has 24 nitrogen and oxygen atoms in total. The van der Waals surface area contributed by atoms with Gasteiger partial charge in [0.25, 0.3) is 23.5 Å². The predicted octanol–water partition coefficient (Wildman–Crippen LogP) is -3.87. The molecule has 324 valence electrons. The second-order valence-electron chi connectivity index (χ2n) is 13.4. The van der Waals surface area contributed by atoms with E-state index in [4.69, 9.17) is 10.5 Å². The summed E-state index contributed by atoms with van der Waals surface area (Å²) in [6, 6.07) is 0. The third kappa shape index (κ3) is 16.9. The van der Waals surface area contributed by atoms with Crippen molar-refractivity contribution in [2.45, 2.75) is 96.4 Å². The van der Waals surface area contributed by atoms with E-state index in [0.717, 1.165) is 61.1 Å². The second kappa shape index (κ2) is 23.4. The maximum atomic E-state index is 12.5. The van der Waals surface area contributed by atoms with Gasteiger partial charge in [-0.05, 0) is 6.42 Å². The first-order chi connectivity index (χ1) is 26.6. The number of phosphoric acid groups is 3. The summed E-state index contributed by atoms with van der Waals surface area (Å²) in [5, 5.41) is 26.3. The smallest absolute Gasteiger partial charge is 0.756 e. The van der Waals surface area contributed by atoms with Crippen molar-refractivity contribution in [2.24, 2.45) is 5.41 Å². The van der Waals surface area contributed by atoms with Crippen molar-refractivity contribution in [2.75, 3.05) is 37.8 Å². The maximum Gasteiger partial charge on any atom is 1.00 e. The molecule has 1 fully saturated rings. The molecule has 0 saturated carbocycles. The summed E-state index contributed by atoms with van der Waals surface area (Å²) < 4.78 is 60.9. The number of carbonyl (C=O) groups is 3. The average Bonchev–Trinajstić information content (AvgIpc) is 3.68. The van der Waals surface area contributed by atoms with Crippen LogP contribution < -0.4 is 49.9 Å². The van der Waals surface area contributed by atoms with Gasteiger partial charge in [0.15, 0.2) is 22.8 Å². The number of aliphatic hydroxyl groups excluding tert-OH is 2. The number of ether oxygens (including phenoxy) is 1. The van der Waals surface area contributed by atoms with E-state index >= 15 is 0 Å². The molecule has 1 aliphatic rings. The fraction of sp³-hybridized carbons (Fsp3) is 0.724. The number of nitrogens with two attached hydrogens (primary N) is 1. The normalized spacial score (nSPS) is 21.9. The Bertz CT molecular complexity index is 1820. The zero-order chi connectivity index (χ0) is 42.6. The number of hydrogen-bond acceptors (Lipinski definition) is 21. The topological polar surface area (TPSA) is 372 Å². The molecule has 2 aromatic rings. The van der Waals surface area contributed by atoms with E-state index in [1.165, 1.54) is 13.8 Å². The van der Waals surface area contributed by atoms with Crippen molar-refractivity contribution in [3.05, 3.63) is 12.7 Å². The number of carbonyl (C=O) groups excluding carboxylic acids is 3. The van der Waals surface area contributed by atoms with Crippen molar-refractivity contribution in [3.8, 4) is 0 Å². The van der Waals surface area contributed by atoms with Crippen LogP contribution in [0.5, 0.6) is 0 Å². The third-order valence-electron chi connectivity index (χ3n) is 8.23. The average molecular weight is 898 g/mol. The van der Waals surface area contributed by atoms with Crippen LogP contribution in [-0.2, 0) is 50.7 Å². The van der Waals surface area contributed by atoms with E-state index in [1.54, 1.807) is 0 Å². The second-order valence-corrected chi connectivity index (χ2v) is 18.6. The first-order valence-corrected chi connectivity index (χ1v) is 23.0. The van der Waals surface area contributed by atoms with Gasteiger partial charge in [-0.25, -0.2) is 19.3 Å². The van der Waals surface area contributed by atoms with Gasteiger partial charge in [0.05, 0.1) is 19.5 Å². The fourth-order valence-corrected chi connectivity index (χ4v) is 8.69. The molecule has 0 spiro atoms. The number of thioether (sulfide) groups is 1. The van der Waals surface area contributed by atoms with E-state index in [2.05, 4.69) is 50.4 Å².